The molecule has 7 rings (SSSR count). The minimum Gasteiger partial charge on any atom is -0.466 e. The molecule has 2 saturated heterocycles. The van der Waals surface area contributed by atoms with Gasteiger partial charge in [-0.25, -0.2) is 4.98 Å². The first kappa shape index (κ1) is 26.3. The molecule has 210 valence electrons. The highest BCUT2D eigenvalue weighted by Gasteiger charge is 2.38. The predicted octanol–water partition coefficient (Wildman–Crippen LogP) is 6.04. The Hall–Kier alpha value is -3.59. The lowest BCUT2D eigenvalue weighted by Crippen LogP contribution is -2.58. The molecule has 0 amide bonds. The third-order valence-electron chi connectivity index (χ3n) is 8.54. The highest BCUT2D eigenvalue weighted by molar-refractivity contribution is 7.22. The van der Waals surface area contributed by atoms with Gasteiger partial charge in [-0.2, -0.15) is 5.10 Å². The number of hydrogen-bond donors (Lipinski definition) is 0. The molecule has 0 aliphatic carbocycles. The van der Waals surface area contributed by atoms with Crippen molar-refractivity contribution in [1.82, 2.24) is 19.7 Å². The Kier molecular flexibility index (Phi) is 6.64. The summed E-state index contributed by atoms with van der Waals surface area (Å²) in [6, 6.07) is 17.8. The number of ether oxygens (including phenoxy) is 2. The van der Waals surface area contributed by atoms with E-state index in [1.807, 2.05) is 18.7 Å². The lowest BCUT2D eigenvalue weighted by molar-refractivity contribution is -0.142. The molecular formula is C33H34N4O3S. The lowest BCUT2D eigenvalue weighted by Gasteiger charge is -2.47. The van der Waals surface area contributed by atoms with Gasteiger partial charge in [0.1, 0.15) is 5.01 Å². The van der Waals surface area contributed by atoms with Crippen LogP contribution in [-0.4, -0.2) is 64.6 Å². The van der Waals surface area contributed by atoms with Crippen LogP contribution in [0.15, 0.2) is 48.5 Å². The van der Waals surface area contributed by atoms with Gasteiger partial charge in [-0.15, -0.1) is 11.3 Å². The van der Waals surface area contributed by atoms with E-state index in [1.165, 1.54) is 16.6 Å². The number of fused-ring (bicyclic) bond motifs is 2. The topological polar surface area (TPSA) is 69.5 Å². The summed E-state index contributed by atoms with van der Waals surface area (Å²) in [6.07, 6.45) is 0.239. The molecule has 0 N–H and O–H groups in total. The summed E-state index contributed by atoms with van der Waals surface area (Å²) in [5.41, 5.74) is 9.79. The molecule has 0 radical (unpaired) electrons. The van der Waals surface area contributed by atoms with E-state index in [9.17, 15) is 4.79 Å². The first-order valence-corrected chi connectivity index (χ1v) is 15.2. The van der Waals surface area contributed by atoms with Crippen LogP contribution >= 0.6 is 11.3 Å². The van der Waals surface area contributed by atoms with Crippen molar-refractivity contribution in [3.8, 4) is 21.7 Å². The summed E-state index contributed by atoms with van der Waals surface area (Å²) in [4.78, 5) is 20.3. The summed E-state index contributed by atoms with van der Waals surface area (Å²) in [5.74, 6) is 0.230. The number of aromatic nitrogens is 3. The number of thiazole rings is 1. The van der Waals surface area contributed by atoms with Crippen LogP contribution in [0.3, 0.4) is 0 Å². The minimum atomic E-state index is -0.206. The fourth-order valence-corrected chi connectivity index (χ4v) is 7.25. The molecule has 5 aromatic rings. The van der Waals surface area contributed by atoms with Gasteiger partial charge < -0.3 is 9.47 Å². The van der Waals surface area contributed by atoms with Crippen LogP contribution < -0.4 is 0 Å². The van der Waals surface area contributed by atoms with Crippen molar-refractivity contribution in [1.29, 1.82) is 0 Å². The summed E-state index contributed by atoms with van der Waals surface area (Å²) >= 11 is 1.69. The summed E-state index contributed by atoms with van der Waals surface area (Å²) in [5, 5.41) is 7.13. The molecule has 2 aliphatic rings. The monoisotopic (exact) mass is 566 g/mol. The van der Waals surface area contributed by atoms with Crippen molar-refractivity contribution >= 4 is 38.4 Å². The molecule has 3 aromatic carbocycles. The average Bonchev–Trinajstić information content (AvgIpc) is 3.46. The number of esters is 1. The first-order valence-electron chi connectivity index (χ1n) is 14.3. The molecule has 0 unspecified atom stereocenters. The Morgan fingerprint density at radius 1 is 1.07 bits per heavy atom. The second-order valence-electron chi connectivity index (χ2n) is 11.3. The second kappa shape index (κ2) is 10.4. The molecule has 2 aromatic heterocycles. The van der Waals surface area contributed by atoms with Gasteiger partial charge >= 0.3 is 5.97 Å². The summed E-state index contributed by atoms with van der Waals surface area (Å²) in [6.45, 7) is 10.1. The number of nitrogens with zero attached hydrogens (tertiary/aromatic N) is 4. The Balaban J connectivity index is 1.31. The van der Waals surface area contributed by atoms with Crippen LogP contribution in [0.4, 0.5) is 0 Å². The molecule has 0 bridgehead atoms. The van der Waals surface area contributed by atoms with Crippen LogP contribution in [0.1, 0.15) is 35.2 Å². The molecule has 7 nitrogen and oxygen atoms in total. The van der Waals surface area contributed by atoms with Crippen LogP contribution in [0.25, 0.3) is 42.8 Å². The fourth-order valence-electron chi connectivity index (χ4n) is 6.11. The molecule has 0 saturated carbocycles. The van der Waals surface area contributed by atoms with Gasteiger partial charge in [0.15, 0.2) is 0 Å². The van der Waals surface area contributed by atoms with Crippen molar-refractivity contribution in [2.75, 3.05) is 32.9 Å². The first-order chi connectivity index (χ1) is 19.9. The lowest BCUT2D eigenvalue weighted by atomic mass is 9.91. The van der Waals surface area contributed by atoms with E-state index in [0.29, 0.717) is 18.6 Å². The Labute approximate surface area is 243 Å². The van der Waals surface area contributed by atoms with Crippen molar-refractivity contribution in [2.24, 2.45) is 7.05 Å². The van der Waals surface area contributed by atoms with Crippen molar-refractivity contribution in [2.45, 2.75) is 39.2 Å². The van der Waals surface area contributed by atoms with Crippen molar-refractivity contribution in [3.05, 3.63) is 70.9 Å². The highest BCUT2D eigenvalue weighted by Crippen LogP contribution is 2.42. The Bertz CT molecular complexity index is 1780. The number of carbonyl (C=O) groups is 1. The van der Waals surface area contributed by atoms with Gasteiger partial charge in [-0.1, -0.05) is 29.8 Å². The smallest absolute Gasteiger partial charge is 0.310 e. The molecule has 41 heavy (non-hydrogen) atoms. The van der Waals surface area contributed by atoms with E-state index in [-0.39, 0.29) is 12.4 Å². The number of benzene rings is 3. The highest BCUT2D eigenvalue weighted by atomic mass is 32.1. The Morgan fingerprint density at radius 3 is 2.54 bits per heavy atom. The van der Waals surface area contributed by atoms with Crippen LogP contribution in [-0.2, 0) is 27.7 Å². The largest absolute Gasteiger partial charge is 0.466 e. The standard InChI is InChI=1S/C33H34N4O3S/c1-5-40-29(38)14-25-20(3)12-27-32(30(25)21-8-6-19(2)7-9-21)41-33(34-27)22-10-11-28-26(13-22)31(35-36(28)4)23-15-37(16-23)24-17-39-18-24/h6-13,23-24H,5,14-18H2,1-4H3. The Morgan fingerprint density at radius 2 is 1.83 bits per heavy atom. The van der Waals surface area contributed by atoms with Gasteiger partial charge in [-0.05, 0) is 61.7 Å². The van der Waals surface area contributed by atoms with Crippen LogP contribution in [0.5, 0.6) is 0 Å². The number of rotatable bonds is 7. The molecule has 2 aliphatic heterocycles. The maximum absolute atomic E-state index is 12.6. The van der Waals surface area contributed by atoms with Gasteiger partial charge in [-0.3, -0.25) is 14.4 Å². The second-order valence-corrected chi connectivity index (χ2v) is 12.3. The van der Waals surface area contributed by atoms with E-state index in [0.717, 1.165) is 74.9 Å². The third-order valence-corrected chi connectivity index (χ3v) is 9.68. The fraction of sp³-hybridized carbons (Fsp3) is 0.364. The predicted molar refractivity (Wildman–Crippen MR) is 163 cm³/mol. The molecule has 0 spiro atoms. The number of carbonyl (C=O) groups excluding carboxylic acids is 1. The van der Waals surface area contributed by atoms with E-state index in [4.69, 9.17) is 19.6 Å². The maximum atomic E-state index is 12.6. The summed E-state index contributed by atoms with van der Waals surface area (Å²) in [7, 11) is 2.03. The van der Waals surface area contributed by atoms with Crippen molar-refractivity contribution in [3.63, 3.8) is 0 Å². The third kappa shape index (κ3) is 4.64. The summed E-state index contributed by atoms with van der Waals surface area (Å²) < 4.78 is 13.8. The zero-order chi connectivity index (χ0) is 28.2. The van der Waals surface area contributed by atoms with Gasteiger partial charge in [0.2, 0.25) is 0 Å². The zero-order valence-electron chi connectivity index (χ0n) is 23.9. The average molecular weight is 567 g/mol. The van der Waals surface area contributed by atoms with Gasteiger partial charge in [0, 0.05) is 42.6 Å². The van der Waals surface area contributed by atoms with Gasteiger partial charge in [0.25, 0.3) is 0 Å². The SMILES string of the molecule is CCOC(=O)Cc1c(C)cc2nc(-c3ccc4c(c3)c(C3CN(C5COC5)C3)nn4C)sc2c1-c1ccc(C)cc1. The maximum Gasteiger partial charge on any atom is 0.310 e. The van der Waals surface area contributed by atoms with E-state index >= 15 is 0 Å². The normalized spacial score (nSPS) is 16.3. The van der Waals surface area contributed by atoms with Gasteiger partial charge in [0.05, 0.1) is 53.7 Å². The van der Waals surface area contributed by atoms with E-state index < -0.39 is 0 Å². The minimum absolute atomic E-state index is 0.206. The number of likely N-dealkylation sites (tertiary alicyclic amines) is 1. The number of aryl methyl sites for hydroxylation is 3. The molecule has 8 heteroatoms. The molecule has 2 fully saturated rings. The quantitative estimate of drug-likeness (QED) is 0.224. The van der Waals surface area contributed by atoms with Crippen molar-refractivity contribution < 1.29 is 14.3 Å². The molecule has 4 heterocycles. The molecule has 0 atom stereocenters. The van der Waals surface area contributed by atoms with E-state index in [2.05, 4.69) is 67.3 Å². The van der Waals surface area contributed by atoms with Crippen LogP contribution in [0, 0.1) is 13.8 Å². The van der Waals surface area contributed by atoms with Crippen LogP contribution in [0.2, 0.25) is 0 Å². The molecular weight excluding hydrogens is 532 g/mol. The van der Waals surface area contributed by atoms with E-state index in [1.54, 1.807) is 11.3 Å². The number of hydrogen-bond acceptors (Lipinski definition) is 7. The zero-order valence-corrected chi connectivity index (χ0v) is 24.8.